The lowest BCUT2D eigenvalue weighted by Crippen LogP contribution is -2.47. The number of carbonyl (C=O) groups is 1. The average molecular weight is 292 g/mol. The molecule has 116 valence electrons. The minimum absolute atomic E-state index is 0.130. The van der Waals surface area contributed by atoms with Crippen LogP contribution in [0.15, 0.2) is 24.3 Å². The van der Waals surface area contributed by atoms with E-state index in [1.54, 1.807) is 31.2 Å². The number of carbonyl (C=O) groups excluding carboxylic acids is 1. The average Bonchev–Trinajstić information content (AvgIpc) is 2.37. The SMILES string of the molecule is CC(O)c1ccc(NC(=O)NC2CCOC(C)(C)C2)cc1. The van der Waals surface area contributed by atoms with E-state index in [1.165, 1.54) is 0 Å². The first-order valence-electron chi connectivity index (χ1n) is 7.35. The van der Waals surface area contributed by atoms with Gasteiger partial charge in [-0.15, -0.1) is 0 Å². The smallest absolute Gasteiger partial charge is 0.319 e. The first-order chi connectivity index (χ1) is 9.85. The summed E-state index contributed by atoms with van der Waals surface area (Å²) in [6, 6.07) is 7.11. The van der Waals surface area contributed by atoms with Gasteiger partial charge in [0.1, 0.15) is 0 Å². The number of hydrogen-bond donors (Lipinski definition) is 3. The van der Waals surface area contributed by atoms with E-state index in [2.05, 4.69) is 10.6 Å². The van der Waals surface area contributed by atoms with Gasteiger partial charge in [0.05, 0.1) is 11.7 Å². The zero-order chi connectivity index (χ0) is 15.5. The van der Waals surface area contributed by atoms with Crippen molar-refractivity contribution < 1.29 is 14.6 Å². The fourth-order valence-corrected chi connectivity index (χ4v) is 2.55. The van der Waals surface area contributed by atoms with Crippen LogP contribution in [-0.4, -0.2) is 29.4 Å². The summed E-state index contributed by atoms with van der Waals surface area (Å²) in [4.78, 5) is 12.0. The molecule has 0 spiro atoms. The molecule has 0 aromatic heterocycles. The Morgan fingerprint density at radius 3 is 2.62 bits per heavy atom. The van der Waals surface area contributed by atoms with Crippen molar-refractivity contribution in [2.75, 3.05) is 11.9 Å². The molecular weight excluding hydrogens is 268 g/mol. The number of urea groups is 1. The van der Waals surface area contributed by atoms with Crippen LogP contribution in [0.2, 0.25) is 0 Å². The van der Waals surface area contributed by atoms with Crippen LogP contribution in [0.5, 0.6) is 0 Å². The predicted molar refractivity (Wildman–Crippen MR) is 82.3 cm³/mol. The maximum Gasteiger partial charge on any atom is 0.319 e. The monoisotopic (exact) mass is 292 g/mol. The van der Waals surface area contributed by atoms with Crippen LogP contribution in [0, 0.1) is 0 Å². The maximum atomic E-state index is 12.0. The minimum atomic E-state index is -0.502. The van der Waals surface area contributed by atoms with Crippen molar-refractivity contribution in [1.29, 1.82) is 0 Å². The zero-order valence-corrected chi connectivity index (χ0v) is 12.8. The number of aliphatic hydroxyl groups excluding tert-OH is 1. The second-order valence-corrected chi connectivity index (χ2v) is 6.19. The predicted octanol–water partition coefficient (Wildman–Crippen LogP) is 2.82. The largest absolute Gasteiger partial charge is 0.389 e. The van der Waals surface area contributed by atoms with E-state index in [9.17, 15) is 9.90 Å². The van der Waals surface area contributed by atoms with Crippen molar-refractivity contribution >= 4 is 11.7 Å². The Morgan fingerprint density at radius 2 is 2.05 bits per heavy atom. The summed E-state index contributed by atoms with van der Waals surface area (Å²) in [7, 11) is 0. The van der Waals surface area contributed by atoms with E-state index in [1.807, 2.05) is 13.8 Å². The summed E-state index contributed by atoms with van der Waals surface area (Å²) >= 11 is 0. The highest BCUT2D eigenvalue weighted by atomic mass is 16.5. The number of rotatable bonds is 3. The third-order valence-corrected chi connectivity index (χ3v) is 3.68. The van der Waals surface area contributed by atoms with Crippen LogP contribution in [0.1, 0.15) is 45.3 Å². The van der Waals surface area contributed by atoms with Crippen LogP contribution < -0.4 is 10.6 Å². The van der Waals surface area contributed by atoms with Gasteiger partial charge in [-0.05, 0) is 51.3 Å². The van der Waals surface area contributed by atoms with Crippen LogP contribution >= 0.6 is 0 Å². The molecule has 2 unspecified atom stereocenters. The quantitative estimate of drug-likeness (QED) is 0.802. The van der Waals surface area contributed by atoms with Gasteiger partial charge in [-0.25, -0.2) is 4.79 Å². The van der Waals surface area contributed by atoms with E-state index < -0.39 is 6.10 Å². The number of amides is 2. The minimum Gasteiger partial charge on any atom is -0.389 e. The Hall–Kier alpha value is -1.59. The fraction of sp³-hybridized carbons (Fsp3) is 0.562. The number of ether oxygens (including phenoxy) is 1. The van der Waals surface area contributed by atoms with Gasteiger partial charge in [-0.3, -0.25) is 0 Å². The summed E-state index contributed by atoms with van der Waals surface area (Å²) in [5.74, 6) is 0. The number of anilines is 1. The molecular formula is C16H24N2O3. The molecule has 3 N–H and O–H groups in total. The van der Waals surface area contributed by atoms with Crippen molar-refractivity contribution in [3.63, 3.8) is 0 Å². The molecule has 2 atom stereocenters. The molecule has 1 heterocycles. The van der Waals surface area contributed by atoms with Gasteiger partial charge >= 0.3 is 6.03 Å². The van der Waals surface area contributed by atoms with Crippen molar-refractivity contribution in [1.82, 2.24) is 5.32 Å². The van der Waals surface area contributed by atoms with Gasteiger partial charge in [-0.1, -0.05) is 12.1 Å². The van der Waals surface area contributed by atoms with Crippen LogP contribution in [-0.2, 0) is 4.74 Å². The third-order valence-electron chi connectivity index (χ3n) is 3.68. The van der Waals surface area contributed by atoms with Crippen LogP contribution in [0.25, 0.3) is 0 Å². The summed E-state index contributed by atoms with van der Waals surface area (Å²) in [5.41, 5.74) is 1.35. The van der Waals surface area contributed by atoms with Gasteiger partial charge in [0.25, 0.3) is 0 Å². The van der Waals surface area contributed by atoms with E-state index >= 15 is 0 Å². The highest BCUT2D eigenvalue weighted by Crippen LogP contribution is 2.24. The molecule has 1 aromatic carbocycles. The Bertz CT molecular complexity index is 483. The van der Waals surface area contributed by atoms with Gasteiger partial charge in [-0.2, -0.15) is 0 Å². The van der Waals surface area contributed by atoms with E-state index in [-0.39, 0.29) is 17.7 Å². The zero-order valence-electron chi connectivity index (χ0n) is 12.8. The van der Waals surface area contributed by atoms with Gasteiger partial charge in [0, 0.05) is 18.3 Å². The standard InChI is InChI=1S/C16H24N2O3/c1-11(19)12-4-6-13(7-5-12)17-15(20)18-14-8-9-21-16(2,3)10-14/h4-7,11,14,19H,8-10H2,1-3H3,(H2,17,18,20). The van der Waals surface area contributed by atoms with Crippen molar-refractivity contribution in [3.8, 4) is 0 Å². The van der Waals surface area contributed by atoms with Gasteiger partial charge in [0.2, 0.25) is 0 Å². The topological polar surface area (TPSA) is 70.6 Å². The van der Waals surface area contributed by atoms with E-state index in [0.717, 1.165) is 18.4 Å². The van der Waals surface area contributed by atoms with Gasteiger partial charge < -0.3 is 20.5 Å². The highest BCUT2D eigenvalue weighted by Gasteiger charge is 2.29. The first kappa shape index (κ1) is 15.8. The first-order valence-corrected chi connectivity index (χ1v) is 7.35. The van der Waals surface area contributed by atoms with E-state index in [0.29, 0.717) is 12.3 Å². The number of benzene rings is 1. The normalized spacial score (nSPS) is 22.4. The van der Waals surface area contributed by atoms with Gasteiger partial charge in [0.15, 0.2) is 0 Å². The number of hydrogen-bond acceptors (Lipinski definition) is 3. The molecule has 0 radical (unpaired) electrons. The summed E-state index contributed by atoms with van der Waals surface area (Å²) < 4.78 is 5.64. The Kier molecular flexibility index (Phi) is 4.85. The van der Waals surface area contributed by atoms with Crippen LogP contribution in [0.4, 0.5) is 10.5 Å². The van der Waals surface area contributed by atoms with E-state index in [4.69, 9.17) is 4.74 Å². The van der Waals surface area contributed by atoms with Crippen molar-refractivity contribution in [2.45, 2.75) is 51.4 Å². The second-order valence-electron chi connectivity index (χ2n) is 6.19. The highest BCUT2D eigenvalue weighted by molar-refractivity contribution is 5.89. The lowest BCUT2D eigenvalue weighted by Gasteiger charge is -2.35. The van der Waals surface area contributed by atoms with Crippen molar-refractivity contribution in [3.05, 3.63) is 29.8 Å². The molecule has 1 aliphatic heterocycles. The summed E-state index contributed by atoms with van der Waals surface area (Å²) in [6.07, 6.45) is 1.14. The Morgan fingerprint density at radius 1 is 1.38 bits per heavy atom. The second kappa shape index (κ2) is 6.45. The summed E-state index contributed by atoms with van der Waals surface area (Å²) in [5, 5.41) is 15.2. The maximum absolute atomic E-state index is 12.0. The molecule has 5 nitrogen and oxygen atoms in total. The van der Waals surface area contributed by atoms with Crippen LogP contribution in [0.3, 0.4) is 0 Å². The lowest BCUT2D eigenvalue weighted by atomic mass is 9.94. The molecule has 1 fully saturated rings. The number of aliphatic hydroxyl groups is 1. The summed E-state index contributed by atoms with van der Waals surface area (Å²) in [6.45, 7) is 6.45. The molecule has 21 heavy (non-hydrogen) atoms. The molecule has 2 amide bonds. The molecule has 1 aromatic rings. The fourth-order valence-electron chi connectivity index (χ4n) is 2.55. The lowest BCUT2D eigenvalue weighted by molar-refractivity contribution is -0.0609. The number of nitrogens with one attached hydrogen (secondary N) is 2. The molecule has 0 bridgehead atoms. The molecule has 0 saturated carbocycles. The Labute approximate surface area is 125 Å². The molecule has 2 rings (SSSR count). The van der Waals surface area contributed by atoms with Crippen molar-refractivity contribution in [2.24, 2.45) is 0 Å². The molecule has 1 aliphatic rings. The molecule has 0 aliphatic carbocycles. The third kappa shape index (κ3) is 4.72. The molecule has 1 saturated heterocycles. The Balaban J connectivity index is 1.86. The molecule has 5 heteroatoms.